The second-order valence-corrected chi connectivity index (χ2v) is 5.31. The van der Waals surface area contributed by atoms with Crippen LogP contribution in [0.2, 0.25) is 5.02 Å². The van der Waals surface area contributed by atoms with E-state index < -0.39 is 11.9 Å². The van der Waals surface area contributed by atoms with E-state index in [4.69, 9.17) is 11.6 Å². The van der Waals surface area contributed by atoms with Crippen molar-refractivity contribution in [3.05, 3.63) is 63.9 Å². The molecule has 0 saturated heterocycles. The molecule has 21 heavy (non-hydrogen) atoms. The first-order valence-corrected chi connectivity index (χ1v) is 6.98. The highest BCUT2D eigenvalue weighted by atomic mass is 35.5. The summed E-state index contributed by atoms with van der Waals surface area (Å²) >= 11 is 5.60. The van der Waals surface area contributed by atoms with Crippen LogP contribution in [0.25, 0.3) is 0 Å². The summed E-state index contributed by atoms with van der Waals surface area (Å²) in [5.74, 6) is -0.304. The molecule has 2 aromatic carbocycles. The van der Waals surface area contributed by atoms with Gasteiger partial charge in [0, 0.05) is 18.7 Å². The van der Waals surface area contributed by atoms with Gasteiger partial charge in [0.2, 0.25) is 0 Å². The van der Waals surface area contributed by atoms with Gasteiger partial charge in [0.25, 0.3) is 0 Å². The van der Waals surface area contributed by atoms with Crippen LogP contribution in [0.1, 0.15) is 22.8 Å². The number of aromatic hydroxyl groups is 1. The van der Waals surface area contributed by atoms with E-state index in [9.17, 15) is 14.6 Å². The topological polar surface area (TPSA) is 52.5 Å². The molecule has 1 atom stereocenters. The van der Waals surface area contributed by atoms with Crippen molar-refractivity contribution in [3.63, 3.8) is 0 Å². The lowest BCUT2D eigenvalue weighted by Crippen LogP contribution is -2.21. The number of phenolic OH excluding ortho intramolecular Hbond substituents is 1. The fourth-order valence-electron chi connectivity index (χ4n) is 2.04. The Morgan fingerprint density at radius 2 is 2.05 bits per heavy atom. The van der Waals surface area contributed by atoms with Crippen molar-refractivity contribution in [1.82, 2.24) is 5.32 Å². The first-order valence-electron chi connectivity index (χ1n) is 6.60. The van der Waals surface area contributed by atoms with E-state index in [0.717, 1.165) is 11.1 Å². The van der Waals surface area contributed by atoms with Gasteiger partial charge in [-0.25, -0.2) is 4.39 Å². The Balaban J connectivity index is 1.93. The maximum atomic E-state index is 13.3. The van der Waals surface area contributed by atoms with Gasteiger partial charge in [0.1, 0.15) is 11.6 Å². The Bertz CT molecular complexity index is 634. The first kappa shape index (κ1) is 15.8. The van der Waals surface area contributed by atoms with Crippen molar-refractivity contribution >= 4 is 11.6 Å². The van der Waals surface area contributed by atoms with Crippen molar-refractivity contribution < 1.29 is 14.6 Å². The molecule has 0 radical (unpaired) electrons. The predicted molar refractivity (Wildman–Crippen MR) is 80.9 cm³/mol. The van der Waals surface area contributed by atoms with Crippen molar-refractivity contribution in [2.45, 2.75) is 19.6 Å². The lowest BCUT2D eigenvalue weighted by atomic mass is 10.1. The Labute approximate surface area is 128 Å². The van der Waals surface area contributed by atoms with Crippen molar-refractivity contribution in [2.24, 2.45) is 0 Å². The molecule has 0 fully saturated rings. The van der Waals surface area contributed by atoms with Gasteiger partial charge in [-0.3, -0.25) is 0 Å². The Hall–Kier alpha value is -1.62. The molecule has 0 aromatic heterocycles. The highest BCUT2D eigenvalue weighted by molar-refractivity contribution is 6.30. The second-order valence-electron chi connectivity index (χ2n) is 4.90. The SMILES string of the molecule is Cc1cccc(CNCC(O)c2ccc(Cl)c(F)c2)c1O. The molecule has 2 aromatic rings. The van der Waals surface area contributed by atoms with E-state index in [1.807, 2.05) is 25.1 Å². The number of aliphatic hydroxyl groups excluding tert-OH is 1. The second kappa shape index (κ2) is 6.89. The molecule has 112 valence electrons. The Kier molecular flexibility index (Phi) is 5.17. The van der Waals surface area contributed by atoms with Crippen LogP contribution in [0.15, 0.2) is 36.4 Å². The van der Waals surface area contributed by atoms with Gasteiger partial charge in [-0.05, 0) is 30.2 Å². The lowest BCUT2D eigenvalue weighted by molar-refractivity contribution is 0.174. The number of para-hydroxylation sites is 1. The predicted octanol–water partition coefficient (Wildman–Crippen LogP) is 3.32. The van der Waals surface area contributed by atoms with Crippen molar-refractivity contribution in [1.29, 1.82) is 0 Å². The molecule has 5 heteroatoms. The van der Waals surface area contributed by atoms with E-state index in [-0.39, 0.29) is 17.3 Å². The third-order valence-corrected chi connectivity index (χ3v) is 3.61. The average molecular weight is 310 g/mol. The largest absolute Gasteiger partial charge is 0.507 e. The quantitative estimate of drug-likeness (QED) is 0.794. The number of hydrogen-bond acceptors (Lipinski definition) is 3. The van der Waals surface area contributed by atoms with Crippen LogP contribution in [-0.4, -0.2) is 16.8 Å². The molecule has 0 aliphatic heterocycles. The molecule has 0 amide bonds. The van der Waals surface area contributed by atoms with Crippen LogP contribution in [0.3, 0.4) is 0 Å². The standard InChI is InChI=1S/C16H17ClFNO2/c1-10-3-2-4-12(16(10)21)8-19-9-15(20)11-5-6-13(17)14(18)7-11/h2-7,15,19-21H,8-9H2,1H3. The molecule has 0 spiro atoms. The number of phenols is 1. The third-order valence-electron chi connectivity index (χ3n) is 3.30. The van der Waals surface area contributed by atoms with Gasteiger partial charge in [0.15, 0.2) is 0 Å². The monoisotopic (exact) mass is 309 g/mol. The summed E-state index contributed by atoms with van der Waals surface area (Å²) in [6.07, 6.45) is -0.844. The van der Waals surface area contributed by atoms with Gasteiger partial charge in [-0.2, -0.15) is 0 Å². The molecule has 0 saturated carbocycles. The number of benzene rings is 2. The van der Waals surface area contributed by atoms with Crippen LogP contribution in [-0.2, 0) is 6.54 Å². The molecule has 0 bridgehead atoms. The summed E-state index contributed by atoms with van der Waals surface area (Å²) in [5.41, 5.74) is 2.01. The summed E-state index contributed by atoms with van der Waals surface area (Å²) in [7, 11) is 0. The molecule has 0 aliphatic rings. The van der Waals surface area contributed by atoms with E-state index >= 15 is 0 Å². The van der Waals surface area contributed by atoms with Crippen LogP contribution in [0, 0.1) is 12.7 Å². The number of aliphatic hydroxyl groups is 1. The van der Waals surface area contributed by atoms with Crippen LogP contribution in [0.5, 0.6) is 5.75 Å². The highest BCUT2D eigenvalue weighted by Crippen LogP contribution is 2.22. The minimum absolute atomic E-state index is 0.0311. The number of hydrogen-bond donors (Lipinski definition) is 3. The van der Waals surface area contributed by atoms with Crippen LogP contribution >= 0.6 is 11.6 Å². The molecule has 0 heterocycles. The van der Waals surface area contributed by atoms with Crippen molar-refractivity contribution in [2.75, 3.05) is 6.54 Å². The molecular formula is C16H17ClFNO2. The van der Waals surface area contributed by atoms with Gasteiger partial charge < -0.3 is 15.5 Å². The van der Waals surface area contributed by atoms with E-state index in [2.05, 4.69) is 5.32 Å². The highest BCUT2D eigenvalue weighted by Gasteiger charge is 2.10. The summed E-state index contributed by atoms with van der Waals surface area (Å²) in [6, 6.07) is 9.72. The van der Waals surface area contributed by atoms with Gasteiger partial charge in [0.05, 0.1) is 11.1 Å². The average Bonchev–Trinajstić information content (AvgIpc) is 2.46. The molecule has 1 unspecified atom stereocenters. The summed E-state index contributed by atoms with van der Waals surface area (Å²) in [6.45, 7) is 2.49. The third kappa shape index (κ3) is 3.94. The number of halogens is 2. The van der Waals surface area contributed by atoms with Gasteiger partial charge in [-0.1, -0.05) is 35.9 Å². The van der Waals surface area contributed by atoms with Gasteiger partial charge in [-0.15, -0.1) is 0 Å². The maximum absolute atomic E-state index is 13.3. The molecule has 3 N–H and O–H groups in total. The summed E-state index contributed by atoms with van der Waals surface area (Å²) < 4.78 is 13.3. The zero-order chi connectivity index (χ0) is 15.4. The van der Waals surface area contributed by atoms with Crippen LogP contribution in [0.4, 0.5) is 4.39 Å². The first-order chi connectivity index (χ1) is 9.99. The number of aryl methyl sites for hydroxylation is 1. The zero-order valence-corrected chi connectivity index (χ0v) is 12.4. The number of nitrogens with one attached hydrogen (secondary N) is 1. The minimum atomic E-state index is -0.844. The minimum Gasteiger partial charge on any atom is -0.507 e. The smallest absolute Gasteiger partial charge is 0.142 e. The summed E-state index contributed by atoms with van der Waals surface area (Å²) in [5, 5.41) is 23.0. The molecule has 2 rings (SSSR count). The lowest BCUT2D eigenvalue weighted by Gasteiger charge is -2.13. The Morgan fingerprint density at radius 1 is 1.29 bits per heavy atom. The van der Waals surface area contributed by atoms with E-state index in [0.29, 0.717) is 12.1 Å². The fourth-order valence-corrected chi connectivity index (χ4v) is 2.16. The maximum Gasteiger partial charge on any atom is 0.142 e. The zero-order valence-electron chi connectivity index (χ0n) is 11.6. The van der Waals surface area contributed by atoms with E-state index in [1.54, 1.807) is 6.07 Å². The van der Waals surface area contributed by atoms with Crippen molar-refractivity contribution in [3.8, 4) is 5.75 Å². The summed E-state index contributed by atoms with van der Waals surface area (Å²) in [4.78, 5) is 0. The number of rotatable bonds is 5. The normalized spacial score (nSPS) is 12.4. The van der Waals surface area contributed by atoms with E-state index in [1.165, 1.54) is 12.1 Å². The molecule has 3 nitrogen and oxygen atoms in total. The van der Waals surface area contributed by atoms with Gasteiger partial charge >= 0.3 is 0 Å². The van der Waals surface area contributed by atoms with Crippen LogP contribution < -0.4 is 5.32 Å². The Morgan fingerprint density at radius 3 is 2.76 bits per heavy atom. The molecular weight excluding hydrogens is 293 g/mol. The fraction of sp³-hybridized carbons (Fsp3) is 0.250. The molecule has 0 aliphatic carbocycles.